The first-order valence-electron chi connectivity index (χ1n) is 17.7. The summed E-state index contributed by atoms with van der Waals surface area (Å²) in [6.45, 7) is 0.0453. The fourth-order valence-corrected chi connectivity index (χ4v) is 6.16. The highest BCUT2D eigenvalue weighted by molar-refractivity contribution is 5.83. The maximum absolute atomic E-state index is 13.6. The van der Waals surface area contributed by atoms with Crippen molar-refractivity contribution in [3.05, 3.63) is 102 Å². The predicted octanol–water partition coefficient (Wildman–Crippen LogP) is 1.93. The molecule has 0 bridgehead atoms. The molecule has 5 N–H and O–H groups in total. The van der Waals surface area contributed by atoms with Gasteiger partial charge in [0.05, 0.1) is 25.2 Å². The fraction of sp³-hybridized carbons (Fsp3) is 0.371. The lowest BCUT2D eigenvalue weighted by Crippen LogP contribution is -2.31. The Morgan fingerprint density at radius 2 is 1.30 bits per heavy atom. The average Bonchev–Trinajstić information content (AvgIpc) is 4.03. The maximum atomic E-state index is 13.6. The Kier molecular flexibility index (Phi) is 14.3. The van der Waals surface area contributed by atoms with Crippen molar-refractivity contribution in [1.29, 1.82) is 0 Å². The average molecular weight is 842 g/mol. The number of hydrogen-bond acceptors (Lipinski definition) is 20. The first-order valence-corrected chi connectivity index (χ1v) is 17.7. The number of fused-ring (bicyclic) bond motifs is 2. The molecule has 25 heteroatoms. The normalized spacial score (nSPS) is 14.4. The molecule has 2 aliphatic carbocycles. The number of carbonyl (C=O) groups excluding carboxylic acids is 2. The van der Waals surface area contributed by atoms with Crippen LogP contribution in [0.5, 0.6) is 0 Å². The molecule has 2 atom stereocenters. The number of hydrogen-bond donors (Lipinski definition) is 4. The van der Waals surface area contributed by atoms with Gasteiger partial charge in [-0.2, -0.15) is 0 Å². The zero-order chi connectivity index (χ0) is 42.2. The van der Waals surface area contributed by atoms with Crippen LogP contribution in [0.2, 0.25) is 0 Å². The van der Waals surface area contributed by atoms with Gasteiger partial charge in [0, 0.05) is 26.1 Å². The summed E-state index contributed by atoms with van der Waals surface area (Å²) in [5.41, 5.74) is 7.79. The molecule has 0 amide bonds. The summed E-state index contributed by atoms with van der Waals surface area (Å²) < 4.78 is 47.8. The number of aliphatic hydroxyl groups excluding tert-OH is 2. The van der Waals surface area contributed by atoms with Gasteiger partial charge in [-0.15, -0.1) is 4.63 Å². The van der Waals surface area contributed by atoms with Crippen LogP contribution in [0.25, 0.3) is 23.0 Å². The number of halogens is 2. The van der Waals surface area contributed by atoms with Gasteiger partial charge in [-0.3, -0.25) is 18.6 Å². The van der Waals surface area contributed by atoms with E-state index in [1.165, 1.54) is 28.8 Å². The Morgan fingerprint density at radius 1 is 0.800 bits per heavy atom. The standard InChI is InChI=1S/C17H16FN5O5.C12H6FN5O5.C5H11NO2.CH4/c18-10-4-3-9-6-13(12(9)7-10)23-16(22-27-17(23)26)14-15(21-28-20-14)19-8-11(25)2-1-5-24;13-6-2-1-5-3-8(7(5)4-6)17-10(15-22-12(17)19)9-11(18(20)21)16-23-14-9;6-4-5(8)2-1-3-7;/h3-4,7,13,24H,1-2,5-6,8H2,(H,19,21);1-2,4,8H,3H2;7H,1-4,6H2;1H4/t13-;8-;;/m00../s1. The third-order valence-corrected chi connectivity index (χ3v) is 9.12. The van der Waals surface area contributed by atoms with E-state index in [-0.39, 0.29) is 80.6 Å². The van der Waals surface area contributed by atoms with Crippen LogP contribution in [0.3, 0.4) is 0 Å². The summed E-state index contributed by atoms with van der Waals surface area (Å²) >= 11 is 0. The Morgan fingerprint density at radius 3 is 1.82 bits per heavy atom. The third kappa shape index (κ3) is 9.43. The number of aromatic nitrogens is 8. The topological polar surface area (TPSA) is 330 Å². The molecule has 6 aromatic rings. The molecular weight excluding hydrogens is 804 g/mol. The second-order valence-electron chi connectivity index (χ2n) is 12.9. The smallest absolute Gasteiger partial charge is 0.396 e. The van der Waals surface area contributed by atoms with Gasteiger partial charge >= 0.3 is 17.3 Å². The molecule has 0 spiro atoms. The van der Waals surface area contributed by atoms with Crippen LogP contribution in [0.1, 0.15) is 67.4 Å². The Labute approximate surface area is 334 Å². The van der Waals surface area contributed by atoms with Gasteiger partial charge in [-0.05, 0) is 92.6 Å². The van der Waals surface area contributed by atoms with Crippen LogP contribution in [0, 0.1) is 21.7 Å². The summed E-state index contributed by atoms with van der Waals surface area (Å²) in [5, 5.41) is 52.0. The van der Waals surface area contributed by atoms with Gasteiger partial charge in [0.1, 0.15) is 17.4 Å². The molecule has 0 fully saturated rings. The highest BCUT2D eigenvalue weighted by Gasteiger charge is 2.37. The lowest BCUT2D eigenvalue weighted by atomic mass is 9.83. The molecule has 2 aromatic carbocycles. The molecule has 4 aromatic heterocycles. The Hall–Kier alpha value is -7.12. The van der Waals surface area contributed by atoms with Gasteiger partial charge < -0.3 is 31.4 Å². The molecule has 23 nitrogen and oxygen atoms in total. The number of benzene rings is 2. The van der Waals surface area contributed by atoms with Gasteiger partial charge in [-0.25, -0.2) is 32.1 Å². The summed E-state index contributed by atoms with van der Waals surface area (Å²) in [5.74, 6) is -3.22. The van der Waals surface area contributed by atoms with E-state index < -0.39 is 46.0 Å². The first kappa shape index (κ1) is 44.0. The third-order valence-electron chi connectivity index (χ3n) is 9.12. The second kappa shape index (κ2) is 19.6. The molecule has 0 radical (unpaired) electrons. The van der Waals surface area contributed by atoms with Crippen LogP contribution in [-0.4, -0.2) is 93.1 Å². The lowest BCUT2D eigenvalue weighted by Gasteiger charge is -2.30. The van der Waals surface area contributed by atoms with Crippen molar-refractivity contribution < 1.29 is 51.8 Å². The van der Waals surface area contributed by atoms with E-state index in [1.807, 2.05) is 0 Å². The monoisotopic (exact) mass is 841 g/mol. The molecule has 0 unspecified atom stereocenters. The lowest BCUT2D eigenvalue weighted by molar-refractivity contribution is -0.390. The zero-order valence-corrected chi connectivity index (χ0v) is 30.5. The van der Waals surface area contributed by atoms with Crippen LogP contribution in [0.4, 0.5) is 20.4 Å². The number of nitro groups is 1. The van der Waals surface area contributed by atoms with Crippen molar-refractivity contribution in [1.82, 2.24) is 40.1 Å². The molecule has 318 valence electrons. The number of rotatable bonds is 15. The minimum absolute atomic E-state index is 0. The van der Waals surface area contributed by atoms with E-state index in [0.717, 1.165) is 15.7 Å². The summed E-state index contributed by atoms with van der Waals surface area (Å²) in [7, 11) is 0. The van der Waals surface area contributed by atoms with E-state index in [1.54, 1.807) is 12.1 Å². The molecule has 2 aliphatic rings. The van der Waals surface area contributed by atoms with Crippen molar-refractivity contribution in [2.45, 2.75) is 58.0 Å². The molecule has 0 saturated heterocycles. The number of anilines is 1. The quantitative estimate of drug-likeness (QED) is 0.0847. The molecule has 60 heavy (non-hydrogen) atoms. The molecule has 8 rings (SSSR count). The van der Waals surface area contributed by atoms with Crippen LogP contribution in [-0.2, 0) is 22.4 Å². The summed E-state index contributed by atoms with van der Waals surface area (Å²) in [6.07, 6.45) is 2.47. The minimum atomic E-state index is -0.836. The number of nitrogens with one attached hydrogen (secondary N) is 1. The van der Waals surface area contributed by atoms with Gasteiger partial charge in [0.15, 0.2) is 16.6 Å². The highest BCUT2D eigenvalue weighted by atomic mass is 19.1. The number of ketones is 2. The van der Waals surface area contributed by atoms with Crippen LogP contribution in [0.15, 0.2) is 64.3 Å². The number of Topliss-reactive ketones (excluding diaryl/α,β-unsaturated/α-hetero) is 2. The van der Waals surface area contributed by atoms with Crippen molar-refractivity contribution >= 4 is 23.2 Å². The molecular formula is C35H37F2N11O12. The Bertz CT molecular complexity index is 2580. The second-order valence-corrected chi connectivity index (χ2v) is 12.9. The Balaban J connectivity index is 0.000000193. The fourth-order valence-electron chi connectivity index (χ4n) is 6.16. The maximum Gasteiger partial charge on any atom is 0.446 e. The van der Waals surface area contributed by atoms with E-state index in [2.05, 4.69) is 45.4 Å². The zero-order valence-electron chi connectivity index (χ0n) is 30.5. The van der Waals surface area contributed by atoms with Crippen molar-refractivity contribution in [3.63, 3.8) is 0 Å². The van der Waals surface area contributed by atoms with Crippen LogP contribution >= 0.6 is 0 Å². The molecule has 0 aliphatic heterocycles. The molecule has 4 heterocycles. The van der Waals surface area contributed by atoms with E-state index >= 15 is 0 Å². The van der Waals surface area contributed by atoms with Crippen molar-refractivity contribution in [2.24, 2.45) is 5.73 Å². The number of carbonyl (C=O) groups is 2. The number of aliphatic hydroxyl groups is 2. The van der Waals surface area contributed by atoms with Crippen LogP contribution < -0.4 is 22.6 Å². The van der Waals surface area contributed by atoms with Crippen molar-refractivity contribution in [2.75, 3.05) is 31.6 Å². The number of nitrogens with zero attached hydrogens (tertiary/aromatic N) is 9. The largest absolute Gasteiger partial charge is 0.446 e. The van der Waals surface area contributed by atoms with Gasteiger partial charge in [0.25, 0.3) is 5.69 Å². The summed E-state index contributed by atoms with van der Waals surface area (Å²) in [4.78, 5) is 56.4. The van der Waals surface area contributed by atoms with Crippen molar-refractivity contribution in [3.8, 4) is 23.0 Å². The molecule has 0 saturated carbocycles. The number of nitrogens with two attached hydrogens (primary N) is 1. The van der Waals surface area contributed by atoms with Gasteiger partial charge in [-0.1, -0.05) is 29.9 Å². The van der Waals surface area contributed by atoms with E-state index in [4.69, 9.17) is 25.1 Å². The van der Waals surface area contributed by atoms with Gasteiger partial charge in [0.2, 0.25) is 17.5 Å². The predicted molar refractivity (Wildman–Crippen MR) is 198 cm³/mol. The summed E-state index contributed by atoms with van der Waals surface area (Å²) in [6, 6.07) is 7.62. The highest BCUT2D eigenvalue weighted by Crippen LogP contribution is 2.40. The minimum Gasteiger partial charge on any atom is -0.396 e. The SMILES string of the molecule is C.NCC(=O)CCCO.O=C(CCCO)CNc1nonc1-c1noc(=O)n1[C@H]1Cc2ccc(F)cc21.O=c1onc(-c2nonc2[N+](=O)[O-])n1[C@H]1Cc2ccc(F)cc21. The first-order chi connectivity index (χ1) is 28.4. The van der Waals surface area contributed by atoms with E-state index in [0.29, 0.717) is 43.2 Å². The van der Waals surface area contributed by atoms with E-state index in [9.17, 15) is 38.1 Å².